The average Bonchev–Trinajstić information content (AvgIpc) is 2.96. The molecular formula is C13H15NO3S. The monoisotopic (exact) mass is 265 g/mol. The summed E-state index contributed by atoms with van der Waals surface area (Å²) in [6, 6.07) is 5.63. The highest BCUT2D eigenvalue weighted by Gasteiger charge is 2.14. The topological polar surface area (TPSA) is 53.7 Å². The fourth-order valence-corrected chi connectivity index (χ4v) is 2.43. The molecule has 0 fully saturated rings. The molecule has 0 bridgehead atoms. The van der Waals surface area contributed by atoms with Gasteiger partial charge in [-0.15, -0.1) is 11.3 Å². The standard InChI is InChI=1S/C13H15NO3S/c1-14(6-4-10-3-2-8-18-10)9-12-11(13(15)16)5-7-17-12/h2-3,5,7-8H,4,6,9H2,1H3,(H,15,16). The maximum absolute atomic E-state index is 10.9. The molecular weight excluding hydrogens is 250 g/mol. The summed E-state index contributed by atoms with van der Waals surface area (Å²) in [5, 5.41) is 11.0. The van der Waals surface area contributed by atoms with Crippen LogP contribution >= 0.6 is 11.3 Å². The third kappa shape index (κ3) is 3.21. The van der Waals surface area contributed by atoms with E-state index in [-0.39, 0.29) is 5.56 Å². The smallest absolute Gasteiger partial charge is 0.339 e. The molecule has 0 unspecified atom stereocenters. The zero-order valence-electron chi connectivity index (χ0n) is 10.1. The largest absolute Gasteiger partial charge is 0.478 e. The number of carboxylic acids is 1. The van der Waals surface area contributed by atoms with Gasteiger partial charge >= 0.3 is 5.97 Å². The van der Waals surface area contributed by atoms with E-state index >= 15 is 0 Å². The Morgan fingerprint density at radius 2 is 2.33 bits per heavy atom. The van der Waals surface area contributed by atoms with Crippen molar-refractivity contribution in [3.8, 4) is 0 Å². The summed E-state index contributed by atoms with van der Waals surface area (Å²) in [4.78, 5) is 14.3. The third-order valence-electron chi connectivity index (χ3n) is 2.71. The molecule has 0 aliphatic rings. The lowest BCUT2D eigenvalue weighted by atomic mass is 10.2. The van der Waals surface area contributed by atoms with Crippen molar-refractivity contribution in [2.24, 2.45) is 0 Å². The van der Waals surface area contributed by atoms with Crippen LogP contribution in [0.25, 0.3) is 0 Å². The first kappa shape index (κ1) is 12.9. The van der Waals surface area contributed by atoms with E-state index in [4.69, 9.17) is 9.52 Å². The Hall–Kier alpha value is -1.59. The maximum Gasteiger partial charge on any atom is 0.339 e. The molecule has 0 aromatic carbocycles. The molecule has 96 valence electrons. The quantitative estimate of drug-likeness (QED) is 0.872. The Morgan fingerprint density at radius 3 is 3.00 bits per heavy atom. The van der Waals surface area contributed by atoms with Gasteiger partial charge in [-0.3, -0.25) is 4.90 Å². The zero-order valence-corrected chi connectivity index (χ0v) is 10.9. The predicted molar refractivity (Wildman–Crippen MR) is 70.0 cm³/mol. The summed E-state index contributed by atoms with van der Waals surface area (Å²) >= 11 is 1.74. The van der Waals surface area contributed by atoms with Crippen molar-refractivity contribution in [3.63, 3.8) is 0 Å². The molecule has 2 aromatic rings. The molecule has 1 N–H and O–H groups in total. The van der Waals surface area contributed by atoms with Gasteiger partial charge in [0.05, 0.1) is 12.8 Å². The van der Waals surface area contributed by atoms with Crippen LogP contribution < -0.4 is 0 Å². The first-order valence-corrected chi connectivity index (χ1v) is 6.55. The molecule has 0 spiro atoms. The molecule has 2 aromatic heterocycles. The number of hydrogen-bond acceptors (Lipinski definition) is 4. The van der Waals surface area contributed by atoms with Gasteiger partial charge in [0.2, 0.25) is 0 Å². The molecule has 2 heterocycles. The van der Waals surface area contributed by atoms with E-state index in [0.717, 1.165) is 13.0 Å². The highest BCUT2D eigenvalue weighted by atomic mass is 32.1. The van der Waals surface area contributed by atoms with Crippen LogP contribution in [0.5, 0.6) is 0 Å². The molecule has 4 nitrogen and oxygen atoms in total. The van der Waals surface area contributed by atoms with E-state index in [0.29, 0.717) is 12.3 Å². The normalized spacial score (nSPS) is 11.0. The number of nitrogens with zero attached hydrogens (tertiary/aromatic N) is 1. The molecule has 18 heavy (non-hydrogen) atoms. The fraction of sp³-hybridized carbons (Fsp3) is 0.308. The Labute approximate surface area is 109 Å². The number of carbonyl (C=O) groups is 1. The Bertz CT molecular complexity index is 504. The van der Waals surface area contributed by atoms with Crippen LogP contribution in [-0.2, 0) is 13.0 Å². The summed E-state index contributed by atoms with van der Waals surface area (Å²) in [5.74, 6) is -0.429. The van der Waals surface area contributed by atoms with Crippen molar-refractivity contribution in [2.45, 2.75) is 13.0 Å². The number of furan rings is 1. The van der Waals surface area contributed by atoms with Gasteiger partial charge in [0.1, 0.15) is 11.3 Å². The van der Waals surface area contributed by atoms with Gasteiger partial charge < -0.3 is 9.52 Å². The summed E-state index contributed by atoms with van der Waals surface area (Å²) in [6.07, 6.45) is 2.39. The highest BCUT2D eigenvalue weighted by Crippen LogP contribution is 2.14. The van der Waals surface area contributed by atoms with Crippen LogP contribution in [0.15, 0.2) is 34.3 Å². The summed E-state index contributed by atoms with van der Waals surface area (Å²) < 4.78 is 5.21. The van der Waals surface area contributed by atoms with Gasteiger partial charge in [-0.25, -0.2) is 4.79 Å². The summed E-state index contributed by atoms with van der Waals surface area (Å²) in [7, 11) is 1.96. The first-order chi connectivity index (χ1) is 8.66. The predicted octanol–water partition coefficient (Wildman–Crippen LogP) is 2.71. The third-order valence-corrected chi connectivity index (χ3v) is 3.65. The molecule has 0 amide bonds. The van der Waals surface area contributed by atoms with E-state index in [2.05, 4.69) is 16.3 Å². The Balaban J connectivity index is 1.88. The molecule has 5 heteroatoms. The van der Waals surface area contributed by atoms with E-state index in [1.54, 1.807) is 11.3 Å². The van der Waals surface area contributed by atoms with Crippen LogP contribution in [-0.4, -0.2) is 29.6 Å². The van der Waals surface area contributed by atoms with E-state index in [9.17, 15) is 4.79 Å². The molecule has 0 aliphatic carbocycles. The number of hydrogen-bond donors (Lipinski definition) is 1. The fourth-order valence-electron chi connectivity index (χ4n) is 1.73. The molecule has 0 radical (unpaired) electrons. The second-order valence-electron chi connectivity index (χ2n) is 4.13. The molecule has 0 saturated carbocycles. The first-order valence-electron chi connectivity index (χ1n) is 5.67. The van der Waals surface area contributed by atoms with Crippen LogP contribution in [0.4, 0.5) is 0 Å². The minimum absolute atomic E-state index is 0.248. The van der Waals surface area contributed by atoms with Crippen molar-refractivity contribution >= 4 is 17.3 Å². The number of likely N-dealkylation sites (N-methyl/N-ethyl adjacent to an activating group) is 1. The lowest BCUT2D eigenvalue weighted by molar-refractivity contribution is 0.0693. The minimum Gasteiger partial charge on any atom is -0.478 e. The summed E-state index contributed by atoms with van der Waals surface area (Å²) in [6.45, 7) is 1.39. The Kier molecular flexibility index (Phi) is 4.17. The van der Waals surface area contributed by atoms with E-state index in [1.807, 2.05) is 13.1 Å². The van der Waals surface area contributed by atoms with Gasteiger partial charge in [-0.2, -0.15) is 0 Å². The van der Waals surface area contributed by atoms with Crippen LogP contribution in [0, 0.1) is 0 Å². The lowest BCUT2D eigenvalue weighted by Gasteiger charge is -2.14. The number of aromatic carboxylic acids is 1. The van der Waals surface area contributed by atoms with Crippen LogP contribution in [0.1, 0.15) is 21.0 Å². The number of carboxylic acid groups (broad SMARTS) is 1. The van der Waals surface area contributed by atoms with E-state index < -0.39 is 5.97 Å². The van der Waals surface area contributed by atoms with E-state index in [1.165, 1.54) is 17.2 Å². The second kappa shape index (κ2) is 5.84. The van der Waals surface area contributed by atoms with Gasteiger partial charge in [0.25, 0.3) is 0 Å². The number of rotatable bonds is 6. The van der Waals surface area contributed by atoms with Crippen molar-refractivity contribution in [3.05, 3.63) is 46.0 Å². The maximum atomic E-state index is 10.9. The minimum atomic E-state index is -0.939. The highest BCUT2D eigenvalue weighted by molar-refractivity contribution is 7.09. The van der Waals surface area contributed by atoms with Crippen molar-refractivity contribution in [1.29, 1.82) is 0 Å². The van der Waals surface area contributed by atoms with Gasteiger partial charge in [-0.05, 0) is 31.0 Å². The SMILES string of the molecule is CN(CCc1cccs1)Cc1occc1C(=O)O. The van der Waals surface area contributed by atoms with Gasteiger partial charge in [0.15, 0.2) is 0 Å². The van der Waals surface area contributed by atoms with Gasteiger partial charge in [0, 0.05) is 11.4 Å². The average molecular weight is 265 g/mol. The Morgan fingerprint density at radius 1 is 1.50 bits per heavy atom. The van der Waals surface area contributed by atoms with Gasteiger partial charge in [-0.1, -0.05) is 6.07 Å². The van der Waals surface area contributed by atoms with Crippen LogP contribution in [0.2, 0.25) is 0 Å². The molecule has 2 rings (SSSR count). The van der Waals surface area contributed by atoms with Crippen molar-refractivity contribution in [2.75, 3.05) is 13.6 Å². The number of thiophene rings is 1. The lowest BCUT2D eigenvalue weighted by Crippen LogP contribution is -2.21. The zero-order chi connectivity index (χ0) is 13.0. The summed E-state index contributed by atoms with van der Waals surface area (Å²) in [5.41, 5.74) is 0.248. The van der Waals surface area contributed by atoms with Crippen LogP contribution in [0.3, 0.4) is 0 Å². The molecule has 0 saturated heterocycles. The second-order valence-corrected chi connectivity index (χ2v) is 5.16. The molecule has 0 aliphatic heterocycles. The van der Waals surface area contributed by atoms with Crippen molar-refractivity contribution < 1.29 is 14.3 Å². The molecule has 0 atom stereocenters. The van der Waals surface area contributed by atoms with Crippen molar-refractivity contribution in [1.82, 2.24) is 4.90 Å².